The van der Waals surface area contributed by atoms with E-state index in [9.17, 15) is 8.78 Å². The van der Waals surface area contributed by atoms with Gasteiger partial charge in [-0.05, 0) is 41.5 Å². The quantitative estimate of drug-likeness (QED) is 0.355. The van der Waals surface area contributed by atoms with Gasteiger partial charge in [-0.15, -0.1) is 0 Å². The van der Waals surface area contributed by atoms with Gasteiger partial charge in [0.15, 0.2) is 0 Å². The van der Waals surface area contributed by atoms with Crippen molar-refractivity contribution < 1.29 is 8.78 Å². The molecule has 4 aromatic rings. The second-order valence-electron chi connectivity index (χ2n) is 7.01. The van der Waals surface area contributed by atoms with Crippen LogP contribution in [0.1, 0.15) is 22.5 Å². The molecule has 3 heterocycles. The highest BCUT2D eigenvalue weighted by molar-refractivity contribution is 5.70. The molecular formula is C24H16F2N2. The smallest absolute Gasteiger partial charge is 0.135 e. The molecule has 4 heteroatoms. The van der Waals surface area contributed by atoms with Crippen LogP contribution < -0.4 is 0 Å². The second-order valence-corrected chi connectivity index (χ2v) is 7.01. The van der Waals surface area contributed by atoms with Crippen LogP contribution in [-0.4, -0.2) is 9.97 Å². The number of pyridine rings is 2. The summed E-state index contributed by atoms with van der Waals surface area (Å²) in [5.41, 5.74) is 5.47. The summed E-state index contributed by atoms with van der Waals surface area (Å²) >= 11 is 0. The third kappa shape index (κ3) is 3.07. The highest BCUT2D eigenvalue weighted by Crippen LogP contribution is 2.30. The predicted octanol–water partition coefficient (Wildman–Crippen LogP) is 5.58. The van der Waals surface area contributed by atoms with Crippen LogP contribution in [0.25, 0.3) is 22.5 Å². The largest absolute Gasteiger partial charge is 0.252 e. The lowest BCUT2D eigenvalue weighted by molar-refractivity contribution is 0.587. The van der Waals surface area contributed by atoms with Crippen LogP contribution in [0.2, 0.25) is 0 Å². The van der Waals surface area contributed by atoms with Gasteiger partial charge in [0.2, 0.25) is 0 Å². The van der Waals surface area contributed by atoms with Crippen LogP contribution in [0.15, 0.2) is 72.8 Å². The van der Waals surface area contributed by atoms with E-state index < -0.39 is 11.6 Å². The van der Waals surface area contributed by atoms with E-state index in [0.717, 1.165) is 28.6 Å². The number of rotatable bonds is 0. The molecule has 8 bridgehead atoms. The number of benzene rings is 2. The molecule has 1 aliphatic heterocycles. The van der Waals surface area contributed by atoms with E-state index in [-0.39, 0.29) is 11.1 Å². The maximum atomic E-state index is 14.6. The third-order valence-corrected chi connectivity index (χ3v) is 4.98. The molecule has 0 saturated carbocycles. The van der Waals surface area contributed by atoms with Crippen LogP contribution in [0, 0.1) is 11.6 Å². The van der Waals surface area contributed by atoms with Gasteiger partial charge in [-0.1, -0.05) is 36.4 Å². The molecule has 0 atom stereocenters. The van der Waals surface area contributed by atoms with Crippen molar-refractivity contribution in [3.63, 3.8) is 0 Å². The maximum Gasteiger partial charge on any atom is 0.135 e. The number of fused-ring (bicyclic) bond motifs is 10. The van der Waals surface area contributed by atoms with Gasteiger partial charge >= 0.3 is 0 Å². The Hall–Kier alpha value is -3.40. The van der Waals surface area contributed by atoms with Crippen LogP contribution >= 0.6 is 0 Å². The van der Waals surface area contributed by atoms with Gasteiger partial charge in [-0.3, -0.25) is 9.97 Å². The van der Waals surface area contributed by atoms with Crippen molar-refractivity contribution >= 4 is 0 Å². The van der Waals surface area contributed by atoms with Gasteiger partial charge in [-0.2, -0.15) is 0 Å². The normalized spacial score (nSPS) is 12.4. The van der Waals surface area contributed by atoms with Crippen molar-refractivity contribution in [3.05, 3.63) is 107 Å². The van der Waals surface area contributed by atoms with E-state index in [0.29, 0.717) is 24.2 Å². The maximum absolute atomic E-state index is 14.6. The van der Waals surface area contributed by atoms with Crippen LogP contribution in [0.5, 0.6) is 0 Å². The van der Waals surface area contributed by atoms with Gasteiger partial charge in [0.25, 0.3) is 0 Å². The summed E-state index contributed by atoms with van der Waals surface area (Å²) in [6, 6.07) is 21.8. The first-order chi connectivity index (χ1) is 13.7. The molecule has 0 saturated heterocycles. The lowest BCUT2D eigenvalue weighted by atomic mass is 10.00. The average Bonchev–Trinajstić information content (AvgIpc) is 2.68. The Bertz CT molecular complexity index is 1110. The van der Waals surface area contributed by atoms with E-state index in [1.807, 2.05) is 30.3 Å². The van der Waals surface area contributed by atoms with Crippen LogP contribution in [0.4, 0.5) is 8.78 Å². The second kappa shape index (κ2) is 6.64. The van der Waals surface area contributed by atoms with Gasteiger partial charge in [0, 0.05) is 41.4 Å². The number of aromatic nitrogens is 2. The number of hydrogen-bond donors (Lipinski definition) is 0. The van der Waals surface area contributed by atoms with Crippen LogP contribution in [-0.2, 0) is 12.8 Å². The Morgan fingerprint density at radius 2 is 1.07 bits per heavy atom. The molecule has 0 amide bonds. The molecule has 136 valence electrons. The fourth-order valence-electron chi connectivity index (χ4n) is 3.67. The first-order valence-electron chi connectivity index (χ1n) is 9.15. The van der Waals surface area contributed by atoms with Crippen molar-refractivity contribution in [1.29, 1.82) is 0 Å². The highest BCUT2D eigenvalue weighted by Gasteiger charge is 2.16. The molecule has 0 N–H and O–H groups in total. The van der Waals surface area contributed by atoms with Gasteiger partial charge in [0.1, 0.15) is 11.6 Å². The minimum atomic E-state index is -0.629. The monoisotopic (exact) mass is 370 g/mol. The van der Waals surface area contributed by atoms with Crippen molar-refractivity contribution in [2.24, 2.45) is 0 Å². The molecule has 0 spiro atoms. The van der Waals surface area contributed by atoms with E-state index >= 15 is 0 Å². The van der Waals surface area contributed by atoms with Crippen molar-refractivity contribution in [3.8, 4) is 22.5 Å². The number of nitrogens with zero attached hydrogens (tertiary/aromatic N) is 2. The molecule has 2 aromatic carbocycles. The van der Waals surface area contributed by atoms with Gasteiger partial charge in [-0.25, -0.2) is 8.78 Å². The Morgan fingerprint density at radius 1 is 0.571 bits per heavy atom. The summed E-state index contributed by atoms with van der Waals surface area (Å²) < 4.78 is 29.2. The molecule has 0 unspecified atom stereocenters. The Kier molecular flexibility index (Phi) is 3.97. The van der Waals surface area contributed by atoms with Gasteiger partial charge in [0.05, 0.1) is 11.4 Å². The fraction of sp³-hybridized carbons (Fsp3) is 0.0833. The average molecular weight is 370 g/mol. The number of halogens is 2. The Labute approximate surface area is 161 Å². The highest BCUT2D eigenvalue weighted by atomic mass is 19.1. The SMILES string of the molecule is Fc1cc(F)c2cc1-c1cccc(n1)Cc1cccc(c1)Cc1cccc-2n1. The number of hydrogen-bond acceptors (Lipinski definition) is 2. The van der Waals surface area contributed by atoms with Crippen molar-refractivity contribution in [2.75, 3.05) is 0 Å². The van der Waals surface area contributed by atoms with Crippen molar-refractivity contribution in [2.45, 2.75) is 12.8 Å². The zero-order chi connectivity index (χ0) is 19.1. The predicted molar refractivity (Wildman–Crippen MR) is 105 cm³/mol. The minimum absolute atomic E-state index is 0.274. The lowest BCUT2D eigenvalue weighted by Gasteiger charge is -2.12. The zero-order valence-corrected chi connectivity index (χ0v) is 15.0. The van der Waals surface area contributed by atoms with E-state index in [1.54, 1.807) is 12.1 Å². The zero-order valence-electron chi connectivity index (χ0n) is 15.0. The molecule has 0 aliphatic carbocycles. The van der Waals surface area contributed by atoms with Crippen LogP contribution in [0.3, 0.4) is 0 Å². The minimum Gasteiger partial charge on any atom is -0.252 e. The van der Waals surface area contributed by atoms with Crippen molar-refractivity contribution in [1.82, 2.24) is 9.97 Å². The molecule has 5 rings (SSSR count). The fourth-order valence-corrected chi connectivity index (χ4v) is 3.67. The lowest BCUT2D eigenvalue weighted by Crippen LogP contribution is -2.01. The standard InChI is InChI=1S/C24H16F2N2/c25-21-14-22(26)20-13-19(21)23-8-2-6-17(27-23)11-15-4-1-5-16(10-15)12-18-7-3-9-24(20)28-18/h1-10,13-14H,11-12H2. The topological polar surface area (TPSA) is 25.8 Å². The first-order valence-corrected chi connectivity index (χ1v) is 9.15. The molecule has 2 nitrogen and oxygen atoms in total. The summed E-state index contributed by atoms with van der Waals surface area (Å²) in [4.78, 5) is 9.25. The van der Waals surface area contributed by atoms with E-state index in [2.05, 4.69) is 28.2 Å². The summed E-state index contributed by atoms with van der Waals surface area (Å²) in [6.45, 7) is 0. The van der Waals surface area contributed by atoms with E-state index in [1.165, 1.54) is 6.07 Å². The third-order valence-electron chi connectivity index (χ3n) is 4.98. The summed E-state index contributed by atoms with van der Waals surface area (Å²) in [5.74, 6) is -1.26. The summed E-state index contributed by atoms with van der Waals surface area (Å²) in [7, 11) is 0. The Morgan fingerprint density at radius 3 is 1.61 bits per heavy atom. The molecular weight excluding hydrogens is 354 g/mol. The molecule has 0 fully saturated rings. The molecule has 28 heavy (non-hydrogen) atoms. The molecule has 0 radical (unpaired) electrons. The summed E-state index contributed by atoms with van der Waals surface area (Å²) in [5, 5.41) is 0. The van der Waals surface area contributed by atoms with E-state index in [4.69, 9.17) is 0 Å². The van der Waals surface area contributed by atoms with Gasteiger partial charge < -0.3 is 0 Å². The summed E-state index contributed by atoms with van der Waals surface area (Å²) in [6.07, 6.45) is 1.29. The first kappa shape index (κ1) is 16.8. The Balaban J connectivity index is 1.79. The molecule has 1 aliphatic rings. The molecule has 2 aromatic heterocycles.